The van der Waals surface area contributed by atoms with Crippen LogP contribution >= 0.6 is 0 Å². The van der Waals surface area contributed by atoms with E-state index in [9.17, 15) is 0 Å². The van der Waals surface area contributed by atoms with Crippen molar-refractivity contribution < 1.29 is 0 Å². The lowest BCUT2D eigenvalue weighted by atomic mass is 9.96. The number of nitrogens with zero attached hydrogens (tertiary/aromatic N) is 5. The molecule has 2 aromatic heterocycles. The first-order valence-corrected chi connectivity index (χ1v) is 9.97. The molecule has 0 amide bonds. The largest absolute Gasteiger partial charge is 0.309 e. The second kappa shape index (κ2) is 7.60. The number of hydrogen-bond acceptors (Lipinski definition) is 4. The van der Waals surface area contributed by atoms with Crippen LogP contribution in [0.3, 0.4) is 0 Å². The Morgan fingerprint density at radius 1 is 0.828 bits per heavy atom. The van der Waals surface area contributed by atoms with Crippen molar-refractivity contribution in [1.82, 2.24) is 24.6 Å². The first-order chi connectivity index (χ1) is 14.3. The van der Waals surface area contributed by atoms with Crippen molar-refractivity contribution in [1.29, 1.82) is 0 Å². The van der Waals surface area contributed by atoms with Crippen LogP contribution in [0.5, 0.6) is 0 Å². The van der Waals surface area contributed by atoms with E-state index in [-0.39, 0.29) is 6.04 Å². The number of hydrogen-bond donors (Lipinski definition) is 0. The van der Waals surface area contributed by atoms with Crippen LogP contribution in [-0.2, 0) is 13.1 Å². The smallest absolute Gasteiger partial charge is 0.165 e. The minimum absolute atomic E-state index is 0.201. The predicted octanol–water partition coefficient (Wildman–Crippen LogP) is 4.25. The standard InChI is InChI=1S/C24H23N5/c1-18-14-21(16-25-15-18)24-27-26-22-17-28(12-13-29(22)24)23(19-8-4-2-5-9-19)20-10-6-3-7-11-20/h2-11,14-16,23H,12-13,17H2,1H3. The molecule has 1 aliphatic rings. The van der Waals surface area contributed by atoms with E-state index in [1.54, 1.807) is 0 Å². The quantitative estimate of drug-likeness (QED) is 0.530. The molecule has 29 heavy (non-hydrogen) atoms. The number of aryl methyl sites for hydroxylation is 1. The Bertz CT molecular complexity index is 1070. The molecule has 4 aromatic rings. The van der Waals surface area contributed by atoms with Gasteiger partial charge in [-0.2, -0.15) is 0 Å². The fourth-order valence-electron chi connectivity index (χ4n) is 4.17. The molecule has 0 bridgehead atoms. The molecule has 0 N–H and O–H groups in total. The van der Waals surface area contributed by atoms with Crippen LogP contribution in [0.25, 0.3) is 11.4 Å². The van der Waals surface area contributed by atoms with Gasteiger partial charge in [-0.05, 0) is 29.7 Å². The van der Waals surface area contributed by atoms with Crippen LogP contribution in [0.1, 0.15) is 28.6 Å². The monoisotopic (exact) mass is 381 g/mol. The molecule has 0 fully saturated rings. The molecule has 5 nitrogen and oxygen atoms in total. The summed E-state index contributed by atoms with van der Waals surface area (Å²) < 4.78 is 2.24. The number of benzene rings is 2. The molecule has 5 rings (SSSR count). The molecule has 0 aliphatic carbocycles. The first kappa shape index (κ1) is 17.8. The van der Waals surface area contributed by atoms with Crippen LogP contribution in [0.2, 0.25) is 0 Å². The summed E-state index contributed by atoms with van der Waals surface area (Å²) in [6.45, 7) is 4.62. The fourth-order valence-corrected chi connectivity index (χ4v) is 4.17. The molecule has 0 saturated heterocycles. The maximum atomic E-state index is 4.53. The van der Waals surface area contributed by atoms with Gasteiger partial charge in [0.2, 0.25) is 0 Å². The van der Waals surface area contributed by atoms with Crippen LogP contribution in [0.4, 0.5) is 0 Å². The summed E-state index contributed by atoms with van der Waals surface area (Å²) in [6, 6.07) is 23.7. The highest BCUT2D eigenvalue weighted by molar-refractivity contribution is 5.55. The molecule has 2 aromatic carbocycles. The SMILES string of the molecule is Cc1cncc(-c2nnc3n2CCN(C(c2ccccc2)c2ccccc2)C3)c1. The number of rotatable bonds is 4. The summed E-state index contributed by atoms with van der Waals surface area (Å²) >= 11 is 0. The topological polar surface area (TPSA) is 46.8 Å². The third-order valence-corrected chi connectivity index (χ3v) is 5.51. The third-order valence-electron chi connectivity index (χ3n) is 5.51. The molecule has 0 saturated carbocycles. The van der Waals surface area contributed by atoms with E-state index in [0.29, 0.717) is 0 Å². The Hall–Kier alpha value is -3.31. The van der Waals surface area contributed by atoms with Gasteiger partial charge in [0, 0.05) is 31.0 Å². The zero-order chi connectivity index (χ0) is 19.6. The van der Waals surface area contributed by atoms with Gasteiger partial charge in [0.15, 0.2) is 5.82 Å². The van der Waals surface area contributed by atoms with E-state index in [4.69, 9.17) is 0 Å². The zero-order valence-electron chi connectivity index (χ0n) is 16.4. The van der Waals surface area contributed by atoms with E-state index in [1.165, 1.54) is 11.1 Å². The molecule has 1 aliphatic heterocycles. The third kappa shape index (κ3) is 3.45. The molecule has 0 radical (unpaired) electrons. The van der Waals surface area contributed by atoms with Crippen molar-refractivity contribution in [3.63, 3.8) is 0 Å². The van der Waals surface area contributed by atoms with Crippen molar-refractivity contribution in [2.45, 2.75) is 26.1 Å². The van der Waals surface area contributed by atoms with Crippen LogP contribution in [0.15, 0.2) is 79.1 Å². The normalized spacial score (nSPS) is 14.1. The summed E-state index contributed by atoms with van der Waals surface area (Å²) in [6.07, 6.45) is 3.73. The van der Waals surface area contributed by atoms with E-state index >= 15 is 0 Å². The van der Waals surface area contributed by atoms with Crippen molar-refractivity contribution in [2.24, 2.45) is 0 Å². The van der Waals surface area contributed by atoms with Gasteiger partial charge < -0.3 is 4.57 Å². The molecule has 0 atom stereocenters. The molecular weight excluding hydrogens is 358 g/mol. The van der Waals surface area contributed by atoms with E-state index < -0.39 is 0 Å². The molecular formula is C24H23N5. The lowest BCUT2D eigenvalue weighted by Gasteiger charge is -2.35. The number of pyridine rings is 1. The second-order valence-corrected chi connectivity index (χ2v) is 7.54. The summed E-state index contributed by atoms with van der Waals surface area (Å²) in [5.74, 6) is 1.91. The lowest BCUT2D eigenvalue weighted by Crippen LogP contribution is -2.37. The Morgan fingerprint density at radius 2 is 1.52 bits per heavy atom. The maximum Gasteiger partial charge on any atom is 0.165 e. The number of aromatic nitrogens is 4. The average Bonchev–Trinajstić information content (AvgIpc) is 3.19. The predicted molar refractivity (Wildman–Crippen MR) is 113 cm³/mol. The average molecular weight is 381 g/mol. The molecule has 144 valence electrons. The van der Waals surface area contributed by atoms with Crippen LogP contribution < -0.4 is 0 Å². The summed E-state index contributed by atoms with van der Waals surface area (Å²) in [5, 5.41) is 9.02. The van der Waals surface area contributed by atoms with E-state index in [2.05, 4.69) is 98.3 Å². The van der Waals surface area contributed by atoms with E-state index in [0.717, 1.165) is 42.4 Å². The maximum absolute atomic E-state index is 4.53. The van der Waals surface area contributed by atoms with Gasteiger partial charge in [-0.25, -0.2) is 0 Å². The van der Waals surface area contributed by atoms with Crippen molar-refractivity contribution >= 4 is 0 Å². The van der Waals surface area contributed by atoms with Gasteiger partial charge in [0.05, 0.1) is 12.6 Å². The molecule has 0 spiro atoms. The summed E-state index contributed by atoms with van der Waals surface area (Å²) in [7, 11) is 0. The summed E-state index contributed by atoms with van der Waals surface area (Å²) in [4.78, 5) is 6.81. The fraction of sp³-hybridized carbons (Fsp3) is 0.208. The van der Waals surface area contributed by atoms with Crippen molar-refractivity contribution in [3.8, 4) is 11.4 Å². The van der Waals surface area contributed by atoms with Crippen molar-refractivity contribution in [2.75, 3.05) is 6.54 Å². The Morgan fingerprint density at radius 3 is 2.17 bits per heavy atom. The van der Waals surface area contributed by atoms with E-state index in [1.807, 2.05) is 12.4 Å². The molecule has 5 heteroatoms. The lowest BCUT2D eigenvalue weighted by molar-refractivity contribution is 0.176. The Labute approximate surface area is 170 Å². The highest BCUT2D eigenvalue weighted by Gasteiger charge is 2.28. The molecule has 3 heterocycles. The van der Waals surface area contributed by atoms with Gasteiger partial charge in [0.25, 0.3) is 0 Å². The second-order valence-electron chi connectivity index (χ2n) is 7.54. The van der Waals surface area contributed by atoms with Crippen LogP contribution in [-0.4, -0.2) is 31.2 Å². The van der Waals surface area contributed by atoms with Gasteiger partial charge in [-0.3, -0.25) is 9.88 Å². The van der Waals surface area contributed by atoms with Crippen molar-refractivity contribution in [3.05, 3.63) is 102 Å². The first-order valence-electron chi connectivity index (χ1n) is 9.97. The minimum atomic E-state index is 0.201. The highest BCUT2D eigenvalue weighted by Crippen LogP contribution is 2.32. The minimum Gasteiger partial charge on any atom is -0.309 e. The Kier molecular flexibility index (Phi) is 4.66. The van der Waals surface area contributed by atoms with Gasteiger partial charge >= 0.3 is 0 Å². The zero-order valence-corrected chi connectivity index (χ0v) is 16.4. The van der Waals surface area contributed by atoms with Gasteiger partial charge in [-0.1, -0.05) is 60.7 Å². The molecule has 0 unspecified atom stereocenters. The van der Waals surface area contributed by atoms with Gasteiger partial charge in [0.1, 0.15) is 5.82 Å². The Balaban J connectivity index is 1.49. The van der Waals surface area contributed by atoms with Gasteiger partial charge in [-0.15, -0.1) is 10.2 Å². The summed E-state index contributed by atoms with van der Waals surface area (Å²) in [5.41, 5.74) is 4.76. The number of fused-ring (bicyclic) bond motifs is 1. The van der Waals surface area contributed by atoms with Crippen LogP contribution in [0, 0.1) is 6.92 Å². The highest BCUT2D eigenvalue weighted by atomic mass is 15.3.